The van der Waals surface area contributed by atoms with Crippen LogP contribution in [0.2, 0.25) is 0 Å². The van der Waals surface area contributed by atoms with E-state index < -0.39 is 0 Å². The van der Waals surface area contributed by atoms with Crippen molar-refractivity contribution < 1.29 is 4.79 Å². The topological polar surface area (TPSA) is 85.8 Å². The van der Waals surface area contributed by atoms with Gasteiger partial charge in [-0.3, -0.25) is 4.79 Å². The van der Waals surface area contributed by atoms with Crippen LogP contribution in [0.15, 0.2) is 17.3 Å². The first-order valence-electron chi connectivity index (χ1n) is 10.1. The predicted molar refractivity (Wildman–Crippen MR) is 114 cm³/mol. The molecule has 1 amide bonds. The number of nitrogens with zero attached hydrogens (tertiary/aromatic N) is 3. The SMILES string of the molecule is Cc1cc(C)c(C(C)NC(=O)CSc2nnc(C3CCCCC3)n2N)cc1C. The van der Waals surface area contributed by atoms with Crippen LogP contribution in [0, 0.1) is 20.8 Å². The number of nitrogen functional groups attached to an aromatic ring is 1. The standard InChI is InChI=1S/C21H31N5OS/c1-13-10-15(3)18(11-14(13)2)16(4)23-19(27)12-28-21-25-24-20(26(21)22)17-8-6-5-7-9-17/h10-11,16-17H,5-9,12,22H2,1-4H3,(H,23,27). The van der Waals surface area contributed by atoms with Gasteiger partial charge in [-0.2, -0.15) is 0 Å². The Morgan fingerprint density at radius 3 is 2.57 bits per heavy atom. The van der Waals surface area contributed by atoms with Gasteiger partial charge in [0.05, 0.1) is 11.8 Å². The molecule has 7 heteroatoms. The Bertz CT molecular complexity index is 842. The number of carbonyl (C=O) groups excluding carboxylic acids is 1. The highest BCUT2D eigenvalue weighted by Gasteiger charge is 2.23. The molecule has 1 aromatic heterocycles. The van der Waals surface area contributed by atoms with Crippen molar-refractivity contribution in [3.05, 3.63) is 40.2 Å². The van der Waals surface area contributed by atoms with Crippen molar-refractivity contribution in [1.29, 1.82) is 0 Å². The molecule has 1 aliphatic rings. The molecule has 1 unspecified atom stereocenters. The zero-order valence-corrected chi connectivity index (χ0v) is 18.1. The minimum absolute atomic E-state index is 0.0302. The van der Waals surface area contributed by atoms with Gasteiger partial charge < -0.3 is 11.2 Å². The van der Waals surface area contributed by atoms with Gasteiger partial charge in [-0.05, 0) is 62.8 Å². The number of carbonyl (C=O) groups is 1. The van der Waals surface area contributed by atoms with E-state index in [9.17, 15) is 4.79 Å². The molecule has 1 heterocycles. The molecule has 0 spiro atoms. The van der Waals surface area contributed by atoms with Crippen molar-refractivity contribution in [2.75, 3.05) is 11.6 Å². The number of aryl methyl sites for hydroxylation is 3. The summed E-state index contributed by atoms with van der Waals surface area (Å²) in [7, 11) is 0. The van der Waals surface area contributed by atoms with Crippen molar-refractivity contribution in [3.8, 4) is 0 Å². The Hall–Kier alpha value is -2.02. The zero-order chi connectivity index (χ0) is 20.3. The number of benzene rings is 1. The van der Waals surface area contributed by atoms with Crippen LogP contribution in [-0.2, 0) is 4.79 Å². The molecule has 1 fully saturated rings. The Labute approximate surface area is 171 Å². The highest BCUT2D eigenvalue weighted by molar-refractivity contribution is 7.99. The third kappa shape index (κ3) is 4.69. The third-order valence-electron chi connectivity index (χ3n) is 5.72. The third-order valence-corrected chi connectivity index (χ3v) is 6.66. The summed E-state index contributed by atoms with van der Waals surface area (Å²) in [6.07, 6.45) is 5.96. The number of hydrogen-bond acceptors (Lipinski definition) is 5. The first kappa shape index (κ1) is 20.7. The van der Waals surface area contributed by atoms with Crippen molar-refractivity contribution in [1.82, 2.24) is 20.2 Å². The van der Waals surface area contributed by atoms with Crippen LogP contribution in [0.1, 0.15) is 79.1 Å². The van der Waals surface area contributed by atoms with Crippen LogP contribution in [0.3, 0.4) is 0 Å². The molecule has 1 atom stereocenters. The zero-order valence-electron chi connectivity index (χ0n) is 17.3. The number of thioether (sulfide) groups is 1. The second-order valence-electron chi connectivity index (χ2n) is 7.92. The van der Waals surface area contributed by atoms with E-state index in [0.717, 1.165) is 24.2 Å². The fourth-order valence-electron chi connectivity index (χ4n) is 3.97. The van der Waals surface area contributed by atoms with Crippen LogP contribution in [-0.4, -0.2) is 26.5 Å². The molecule has 0 saturated heterocycles. The summed E-state index contributed by atoms with van der Waals surface area (Å²) >= 11 is 1.34. The van der Waals surface area contributed by atoms with Crippen LogP contribution < -0.4 is 11.2 Å². The Morgan fingerprint density at radius 2 is 1.86 bits per heavy atom. The highest BCUT2D eigenvalue weighted by Crippen LogP contribution is 2.32. The maximum Gasteiger partial charge on any atom is 0.230 e. The molecule has 1 saturated carbocycles. The second kappa shape index (κ2) is 8.99. The quantitative estimate of drug-likeness (QED) is 0.566. The molecule has 152 valence electrons. The fourth-order valence-corrected chi connectivity index (χ4v) is 4.64. The molecule has 0 aliphatic heterocycles. The summed E-state index contributed by atoms with van der Waals surface area (Å²) in [6, 6.07) is 4.29. The largest absolute Gasteiger partial charge is 0.349 e. The minimum Gasteiger partial charge on any atom is -0.349 e. The molecule has 3 N–H and O–H groups in total. The Balaban J connectivity index is 1.57. The maximum atomic E-state index is 12.5. The number of amides is 1. The van der Waals surface area contributed by atoms with Crippen LogP contribution in [0.4, 0.5) is 0 Å². The summed E-state index contributed by atoms with van der Waals surface area (Å²) < 4.78 is 1.57. The lowest BCUT2D eigenvalue weighted by Gasteiger charge is -2.20. The second-order valence-corrected chi connectivity index (χ2v) is 8.86. The van der Waals surface area contributed by atoms with Gasteiger partial charge in [0.1, 0.15) is 0 Å². The first-order chi connectivity index (χ1) is 13.4. The number of nitrogens with one attached hydrogen (secondary N) is 1. The normalized spacial score (nSPS) is 16.1. The smallest absolute Gasteiger partial charge is 0.230 e. The van der Waals surface area contributed by atoms with Crippen molar-refractivity contribution >= 4 is 17.7 Å². The van der Waals surface area contributed by atoms with Crippen molar-refractivity contribution in [3.63, 3.8) is 0 Å². The molecule has 3 rings (SSSR count). The van der Waals surface area contributed by atoms with E-state index in [-0.39, 0.29) is 17.7 Å². The van der Waals surface area contributed by atoms with Gasteiger partial charge in [-0.1, -0.05) is 43.2 Å². The van der Waals surface area contributed by atoms with Crippen LogP contribution >= 0.6 is 11.8 Å². The first-order valence-corrected chi connectivity index (χ1v) is 11.1. The van der Waals surface area contributed by atoms with Crippen molar-refractivity contribution in [2.24, 2.45) is 0 Å². The van der Waals surface area contributed by atoms with Gasteiger partial charge in [0.2, 0.25) is 11.1 Å². The van der Waals surface area contributed by atoms with Gasteiger partial charge in [0.25, 0.3) is 0 Å². The van der Waals surface area contributed by atoms with E-state index in [0.29, 0.717) is 11.1 Å². The number of hydrogen-bond donors (Lipinski definition) is 2. The molecule has 6 nitrogen and oxygen atoms in total. The van der Waals surface area contributed by atoms with Gasteiger partial charge in [-0.25, -0.2) is 4.68 Å². The molecule has 0 radical (unpaired) electrons. The summed E-state index contributed by atoms with van der Waals surface area (Å²) in [5, 5.41) is 12.2. The van der Waals surface area contributed by atoms with E-state index in [1.807, 2.05) is 6.92 Å². The molecular weight excluding hydrogens is 370 g/mol. The summed E-state index contributed by atoms with van der Waals surface area (Å²) in [5.74, 6) is 7.68. The van der Waals surface area contributed by atoms with E-state index in [4.69, 9.17) is 5.84 Å². The average Bonchev–Trinajstić information content (AvgIpc) is 3.04. The number of rotatable bonds is 6. The van der Waals surface area contributed by atoms with E-state index in [1.165, 1.54) is 47.7 Å². The van der Waals surface area contributed by atoms with Gasteiger partial charge in [0, 0.05) is 5.92 Å². The Kier molecular flexibility index (Phi) is 6.65. The summed E-state index contributed by atoms with van der Waals surface area (Å²) in [6.45, 7) is 8.31. The highest BCUT2D eigenvalue weighted by atomic mass is 32.2. The van der Waals surface area contributed by atoms with E-state index in [1.54, 1.807) is 4.68 Å². The minimum atomic E-state index is -0.0408. The van der Waals surface area contributed by atoms with E-state index in [2.05, 4.69) is 48.4 Å². The maximum absolute atomic E-state index is 12.5. The van der Waals surface area contributed by atoms with Crippen LogP contribution in [0.25, 0.3) is 0 Å². The average molecular weight is 402 g/mol. The molecule has 28 heavy (non-hydrogen) atoms. The summed E-state index contributed by atoms with van der Waals surface area (Å²) in [4.78, 5) is 12.5. The van der Waals surface area contributed by atoms with Gasteiger partial charge in [-0.15, -0.1) is 10.2 Å². The van der Waals surface area contributed by atoms with Gasteiger partial charge >= 0.3 is 0 Å². The molecule has 1 aliphatic carbocycles. The molecule has 0 bridgehead atoms. The number of nitrogens with two attached hydrogens (primary N) is 1. The molecule has 2 aromatic rings. The monoisotopic (exact) mass is 401 g/mol. The van der Waals surface area contributed by atoms with Crippen molar-refractivity contribution in [2.45, 2.75) is 76.9 Å². The predicted octanol–water partition coefficient (Wildman–Crippen LogP) is 3.93. The van der Waals surface area contributed by atoms with E-state index >= 15 is 0 Å². The molecular formula is C21H31N5OS. The Morgan fingerprint density at radius 1 is 1.18 bits per heavy atom. The van der Waals surface area contributed by atoms with Gasteiger partial charge in [0.15, 0.2) is 5.82 Å². The lowest BCUT2D eigenvalue weighted by molar-refractivity contribution is -0.119. The van der Waals surface area contributed by atoms with Crippen LogP contribution in [0.5, 0.6) is 0 Å². The number of aromatic nitrogens is 3. The lowest BCUT2D eigenvalue weighted by Crippen LogP contribution is -2.29. The fraction of sp³-hybridized carbons (Fsp3) is 0.571. The summed E-state index contributed by atoms with van der Waals surface area (Å²) in [5.41, 5.74) is 4.86. The molecule has 1 aromatic carbocycles. The lowest BCUT2D eigenvalue weighted by atomic mass is 9.89.